The van der Waals surface area contributed by atoms with Gasteiger partial charge in [-0.05, 0) is 59.9 Å². The number of amides is 2. The maximum absolute atomic E-state index is 13.6. The van der Waals surface area contributed by atoms with E-state index in [2.05, 4.69) is 46.1 Å². The summed E-state index contributed by atoms with van der Waals surface area (Å²) < 4.78 is 10.8. The number of carbonyl (C=O) groups excluding carboxylic acids is 2. The van der Waals surface area contributed by atoms with Gasteiger partial charge in [0.15, 0.2) is 11.5 Å². The molecule has 0 aliphatic rings. The molecule has 0 unspecified atom stereocenters. The zero-order valence-electron chi connectivity index (χ0n) is 22.5. The number of methoxy groups -OCH3 is 2. The summed E-state index contributed by atoms with van der Waals surface area (Å²) in [5, 5.41) is 2.06. The van der Waals surface area contributed by atoms with Gasteiger partial charge in [0.05, 0.1) is 27.3 Å². The third kappa shape index (κ3) is 9.21. The van der Waals surface area contributed by atoms with Crippen molar-refractivity contribution in [2.24, 2.45) is 5.41 Å². The molecule has 6 nitrogen and oxygen atoms in total. The molecule has 1 aromatic heterocycles. The highest BCUT2D eigenvalue weighted by Crippen LogP contribution is 2.28. The van der Waals surface area contributed by atoms with E-state index in [0.717, 1.165) is 18.4 Å². The molecule has 1 aromatic carbocycles. The smallest absolute Gasteiger partial charge is 0.242 e. The monoisotopic (exact) mass is 502 g/mol. The lowest BCUT2D eigenvalue weighted by atomic mass is 9.91. The number of benzene rings is 1. The Morgan fingerprint density at radius 3 is 2.26 bits per heavy atom. The van der Waals surface area contributed by atoms with E-state index in [0.29, 0.717) is 44.0 Å². The minimum absolute atomic E-state index is 0.0170. The Labute approximate surface area is 215 Å². The average molecular weight is 503 g/mol. The van der Waals surface area contributed by atoms with Crippen LogP contribution in [0.5, 0.6) is 11.5 Å². The van der Waals surface area contributed by atoms with Crippen molar-refractivity contribution in [2.45, 2.75) is 66.8 Å². The molecule has 0 spiro atoms. The Hall–Kier alpha value is -2.54. The van der Waals surface area contributed by atoms with E-state index in [1.807, 2.05) is 23.1 Å². The Balaban J connectivity index is 2.20. The van der Waals surface area contributed by atoms with Gasteiger partial charge in [0.1, 0.15) is 0 Å². The van der Waals surface area contributed by atoms with Crippen LogP contribution in [0, 0.1) is 12.3 Å². The van der Waals surface area contributed by atoms with E-state index in [1.54, 1.807) is 30.5 Å². The fourth-order valence-corrected chi connectivity index (χ4v) is 4.72. The fraction of sp³-hybridized carbons (Fsp3) is 0.571. The quantitative estimate of drug-likeness (QED) is 0.352. The number of hydrogen-bond donors (Lipinski definition) is 0. The maximum Gasteiger partial charge on any atom is 0.242 e. The number of ether oxygens (including phenoxy) is 2. The predicted molar refractivity (Wildman–Crippen MR) is 143 cm³/mol. The number of unbranched alkanes of at least 4 members (excludes halogenated alkanes) is 1. The molecule has 2 aromatic rings. The maximum atomic E-state index is 13.6. The Morgan fingerprint density at radius 2 is 1.69 bits per heavy atom. The van der Waals surface area contributed by atoms with E-state index < -0.39 is 0 Å². The van der Waals surface area contributed by atoms with Gasteiger partial charge in [0.25, 0.3) is 0 Å². The van der Waals surface area contributed by atoms with Crippen molar-refractivity contribution < 1.29 is 19.1 Å². The fourth-order valence-electron chi connectivity index (χ4n) is 3.80. The average Bonchev–Trinajstić information content (AvgIpc) is 3.21. The van der Waals surface area contributed by atoms with Gasteiger partial charge in [-0.15, -0.1) is 11.3 Å². The zero-order valence-corrected chi connectivity index (χ0v) is 23.3. The van der Waals surface area contributed by atoms with Gasteiger partial charge < -0.3 is 19.3 Å². The van der Waals surface area contributed by atoms with Crippen molar-refractivity contribution in [1.82, 2.24) is 9.80 Å². The standard InChI is InChI=1S/C28H42N2O4S/c1-8-9-14-29(26(31)18-28(3,4)5)20-27(32)30(19-25-21(2)13-16-35-25)15-12-22-10-11-23(33-6)24(17-22)34-7/h10-11,13,16-17H,8-9,12,14-15,18-20H2,1-7H3. The molecule has 0 aliphatic carbocycles. The third-order valence-corrected chi connectivity index (χ3v) is 6.92. The highest BCUT2D eigenvalue weighted by molar-refractivity contribution is 7.10. The van der Waals surface area contributed by atoms with Crippen molar-refractivity contribution in [3.05, 3.63) is 45.6 Å². The Morgan fingerprint density at radius 1 is 0.971 bits per heavy atom. The number of aryl methyl sites for hydroxylation is 1. The summed E-state index contributed by atoms with van der Waals surface area (Å²) in [5.41, 5.74) is 2.13. The van der Waals surface area contributed by atoms with Gasteiger partial charge in [-0.1, -0.05) is 40.2 Å². The van der Waals surface area contributed by atoms with Crippen LogP contribution >= 0.6 is 11.3 Å². The molecular weight excluding hydrogens is 460 g/mol. The van der Waals surface area contributed by atoms with Crippen LogP contribution in [0.25, 0.3) is 0 Å². The topological polar surface area (TPSA) is 59.1 Å². The first-order valence-corrected chi connectivity index (χ1v) is 13.2. The number of carbonyl (C=O) groups is 2. The van der Waals surface area contributed by atoms with Gasteiger partial charge in [-0.2, -0.15) is 0 Å². The van der Waals surface area contributed by atoms with Gasteiger partial charge in [-0.3, -0.25) is 9.59 Å². The summed E-state index contributed by atoms with van der Waals surface area (Å²) >= 11 is 1.66. The van der Waals surface area contributed by atoms with Crippen LogP contribution in [0.2, 0.25) is 0 Å². The summed E-state index contributed by atoms with van der Waals surface area (Å²) in [4.78, 5) is 31.4. The predicted octanol–water partition coefficient (Wildman–Crippen LogP) is 5.71. The zero-order chi connectivity index (χ0) is 26.0. The lowest BCUT2D eigenvalue weighted by Gasteiger charge is -2.30. The third-order valence-electron chi connectivity index (χ3n) is 5.92. The van der Waals surface area contributed by atoms with Crippen molar-refractivity contribution >= 4 is 23.2 Å². The lowest BCUT2D eigenvalue weighted by Crippen LogP contribution is -2.44. The number of rotatable bonds is 13. The molecule has 7 heteroatoms. The minimum atomic E-state index is -0.119. The lowest BCUT2D eigenvalue weighted by molar-refractivity contribution is -0.142. The summed E-state index contributed by atoms with van der Waals surface area (Å²) in [5.74, 6) is 1.39. The second kappa shape index (κ2) is 13.5. The van der Waals surface area contributed by atoms with E-state index in [9.17, 15) is 9.59 Å². The molecule has 35 heavy (non-hydrogen) atoms. The number of hydrogen-bond acceptors (Lipinski definition) is 5. The molecule has 0 atom stereocenters. The second-order valence-corrected chi connectivity index (χ2v) is 11.2. The van der Waals surface area contributed by atoms with Crippen molar-refractivity contribution in [3.63, 3.8) is 0 Å². The van der Waals surface area contributed by atoms with Crippen LogP contribution in [0.4, 0.5) is 0 Å². The minimum Gasteiger partial charge on any atom is -0.493 e. The Kier molecular flexibility index (Phi) is 11.1. The SMILES string of the molecule is CCCCN(CC(=O)N(CCc1ccc(OC)c(OC)c1)Cc1sccc1C)C(=O)CC(C)(C)C. The van der Waals surface area contributed by atoms with Gasteiger partial charge in [0.2, 0.25) is 11.8 Å². The van der Waals surface area contributed by atoms with Crippen LogP contribution in [0.1, 0.15) is 63.0 Å². The summed E-state index contributed by atoms with van der Waals surface area (Å²) in [6, 6.07) is 7.93. The molecule has 0 saturated heterocycles. The van der Waals surface area contributed by atoms with Gasteiger partial charge >= 0.3 is 0 Å². The van der Waals surface area contributed by atoms with E-state index in [-0.39, 0.29) is 23.8 Å². The first-order valence-electron chi connectivity index (χ1n) is 12.4. The van der Waals surface area contributed by atoms with Crippen LogP contribution < -0.4 is 9.47 Å². The molecular formula is C28H42N2O4S. The van der Waals surface area contributed by atoms with Crippen LogP contribution in [0.15, 0.2) is 29.6 Å². The molecule has 2 rings (SSSR count). The molecule has 0 aliphatic heterocycles. The first kappa shape index (κ1) is 28.7. The molecule has 194 valence electrons. The molecule has 0 N–H and O–H groups in total. The normalized spacial score (nSPS) is 11.3. The van der Waals surface area contributed by atoms with E-state index in [4.69, 9.17) is 9.47 Å². The molecule has 0 bridgehead atoms. The largest absolute Gasteiger partial charge is 0.493 e. The highest BCUT2D eigenvalue weighted by atomic mass is 32.1. The van der Waals surface area contributed by atoms with Gasteiger partial charge in [0, 0.05) is 24.4 Å². The summed E-state index contributed by atoms with van der Waals surface area (Å²) in [6.07, 6.45) is 2.98. The summed E-state index contributed by atoms with van der Waals surface area (Å²) in [7, 11) is 3.24. The highest BCUT2D eigenvalue weighted by Gasteiger charge is 2.25. The number of nitrogens with zero attached hydrogens (tertiary/aromatic N) is 2. The second-order valence-electron chi connectivity index (χ2n) is 10.2. The molecule has 0 saturated carbocycles. The van der Waals surface area contributed by atoms with E-state index >= 15 is 0 Å². The summed E-state index contributed by atoms with van der Waals surface area (Å²) in [6.45, 7) is 12.2. The van der Waals surface area contributed by atoms with Crippen LogP contribution in [0.3, 0.4) is 0 Å². The molecule has 0 radical (unpaired) electrons. The first-order chi connectivity index (χ1) is 16.6. The van der Waals surface area contributed by atoms with Crippen LogP contribution in [-0.2, 0) is 22.6 Å². The van der Waals surface area contributed by atoms with Gasteiger partial charge in [-0.25, -0.2) is 0 Å². The molecule has 0 fully saturated rings. The molecule has 1 heterocycles. The molecule has 2 amide bonds. The van der Waals surface area contributed by atoms with Crippen LogP contribution in [-0.4, -0.2) is 55.5 Å². The number of thiophene rings is 1. The van der Waals surface area contributed by atoms with Crippen molar-refractivity contribution in [2.75, 3.05) is 33.9 Å². The van der Waals surface area contributed by atoms with Crippen molar-refractivity contribution in [3.8, 4) is 11.5 Å². The van der Waals surface area contributed by atoms with E-state index in [1.165, 1.54) is 10.4 Å². The van der Waals surface area contributed by atoms with Crippen molar-refractivity contribution in [1.29, 1.82) is 0 Å². The Bertz CT molecular complexity index is 964.